The first-order chi connectivity index (χ1) is 12.4. The normalized spacial score (nSPS) is 11.0. The molecule has 0 aliphatic heterocycles. The lowest BCUT2D eigenvalue weighted by Gasteiger charge is -2.29. The molecule has 0 aliphatic rings. The van der Waals surface area contributed by atoms with Crippen molar-refractivity contribution in [3.05, 3.63) is 24.0 Å². The molecule has 1 aromatic rings. The fourth-order valence-corrected chi connectivity index (χ4v) is 2.94. The Labute approximate surface area is 159 Å². The molecule has 1 rings (SSSR count). The monoisotopic (exact) mass is 363 g/mol. The standard InChI is InChI=1S/C21H37N3O2/c1-6-8-12-20(25)23(14-9-7-2)17-21(26)24(15-18(3)4)16-19-11-10-13-22(19)5/h10-11,13,18H,6-9,12,14-17H2,1-5H3. The van der Waals surface area contributed by atoms with E-state index in [0.717, 1.165) is 31.4 Å². The topological polar surface area (TPSA) is 45.6 Å². The molecule has 5 heteroatoms. The summed E-state index contributed by atoms with van der Waals surface area (Å²) in [4.78, 5) is 29.2. The van der Waals surface area contributed by atoms with Gasteiger partial charge in [0.15, 0.2) is 0 Å². The maximum absolute atomic E-state index is 13.0. The molecule has 148 valence electrons. The lowest BCUT2D eigenvalue weighted by atomic mass is 10.2. The van der Waals surface area contributed by atoms with Crippen LogP contribution in [0.4, 0.5) is 0 Å². The Hall–Kier alpha value is -1.78. The molecule has 0 saturated carbocycles. The number of unbranched alkanes of at least 4 members (excludes halogenated alkanes) is 2. The van der Waals surface area contributed by atoms with Crippen molar-refractivity contribution in [2.45, 2.75) is 66.3 Å². The third kappa shape index (κ3) is 7.63. The molecule has 5 nitrogen and oxygen atoms in total. The van der Waals surface area contributed by atoms with Gasteiger partial charge in [0.25, 0.3) is 0 Å². The van der Waals surface area contributed by atoms with Gasteiger partial charge in [-0.1, -0.05) is 40.5 Å². The number of hydrogen-bond acceptors (Lipinski definition) is 2. The lowest BCUT2D eigenvalue weighted by molar-refractivity contribution is -0.141. The number of nitrogens with zero attached hydrogens (tertiary/aromatic N) is 3. The predicted octanol–water partition coefficient (Wildman–Crippen LogP) is 3.83. The Kier molecular flexibility index (Phi) is 10.1. The summed E-state index contributed by atoms with van der Waals surface area (Å²) in [6.07, 6.45) is 6.37. The molecule has 26 heavy (non-hydrogen) atoms. The van der Waals surface area contributed by atoms with E-state index in [1.807, 2.05) is 34.8 Å². The van der Waals surface area contributed by atoms with Gasteiger partial charge < -0.3 is 14.4 Å². The van der Waals surface area contributed by atoms with Crippen molar-refractivity contribution in [1.82, 2.24) is 14.4 Å². The molecule has 0 radical (unpaired) electrons. The lowest BCUT2D eigenvalue weighted by Crippen LogP contribution is -2.44. The molecule has 0 aromatic carbocycles. The quantitative estimate of drug-likeness (QED) is 0.566. The van der Waals surface area contributed by atoms with Gasteiger partial charge >= 0.3 is 0 Å². The van der Waals surface area contributed by atoms with Crippen LogP contribution in [0, 0.1) is 5.92 Å². The molecule has 0 N–H and O–H groups in total. The van der Waals surface area contributed by atoms with Gasteiger partial charge in [-0.3, -0.25) is 9.59 Å². The molecule has 1 heterocycles. The van der Waals surface area contributed by atoms with Gasteiger partial charge in [-0.25, -0.2) is 0 Å². The van der Waals surface area contributed by atoms with Crippen molar-refractivity contribution in [1.29, 1.82) is 0 Å². The Morgan fingerprint density at radius 3 is 2.31 bits per heavy atom. The molecular weight excluding hydrogens is 326 g/mol. The van der Waals surface area contributed by atoms with E-state index in [4.69, 9.17) is 0 Å². The minimum atomic E-state index is 0.0425. The molecule has 2 amide bonds. The van der Waals surface area contributed by atoms with Crippen molar-refractivity contribution < 1.29 is 9.59 Å². The maximum Gasteiger partial charge on any atom is 0.242 e. The minimum Gasteiger partial charge on any atom is -0.353 e. The van der Waals surface area contributed by atoms with Crippen LogP contribution in [0.3, 0.4) is 0 Å². The van der Waals surface area contributed by atoms with Gasteiger partial charge in [0, 0.05) is 38.4 Å². The maximum atomic E-state index is 13.0. The summed E-state index contributed by atoms with van der Waals surface area (Å²) in [6.45, 7) is 10.6. The van der Waals surface area contributed by atoms with Crippen LogP contribution in [-0.4, -0.2) is 45.8 Å². The van der Waals surface area contributed by atoms with E-state index in [1.54, 1.807) is 4.90 Å². The van der Waals surface area contributed by atoms with Crippen LogP contribution in [0.15, 0.2) is 18.3 Å². The predicted molar refractivity (Wildman–Crippen MR) is 107 cm³/mol. The van der Waals surface area contributed by atoms with Crippen LogP contribution < -0.4 is 0 Å². The van der Waals surface area contributed by atoms with Crippen LogP contribution in [0.1, 0.15) is 65.5 Å². The molecular formula is C21H37N3O2. The Morgan fingerprint density at radius 2 is 1.77 bits per heavy atom. The van der Waals surface area contributed by atoms with E-state index in [-0.39, 0.29) is 18.4 Å². The summed E-state index contributed by atoms with van der Waals surface area (Å²) in [7, 11) is 2.00. The van der Waals surface area contributed by atoms with Gasteiger partial charge in [0.05, 0.1) is 13.1 Å². The van der Waals surface area contributed by atoms with E-state index in [1.165, 1.54) is 0 Å². The van der Waals surface area contributed by atoms with Crippen LogP contribution in [0.2, 0.25) is 0 Å². The second kappa shape index (κ2) is 11.8. The minimum absolute atomic E-state index is 0.0425. The van der Waals surface area contributed by atoms with Crippen molar-refractivity contribution >= 4 is 11.8 Å². The first kappa shape index (κ1) is 22.3. The fourth-order valence-electron chi connectivity index (χ4n) is 2.94. The highest BCUT2D eigenvalue weighted by Gasteiger charge is 2.22. The molecule has 0 saturated heterocycles. The fraction of sp³-hybridized carbons (Fsp3) is 0.714. The number of aromatic nitrogens is 1. The van der Waals surface area contributed by atoms with E-state index in [2.05, 4.69) is 27.7 Å². The second-order valence-corrected chi connectivity index (χ2v) is 7.55. The average molecular weight is 364 g/mol. The second-order valence-electron chi connectivity index (χ2n) is 7.55. The van der Waals surface area contributed by atoms with Crippen LogP contribution in [-0.2, 0) is 23.2 Å². The number of hydrogen-bond donors (Lipinski definition) is 0. The zero-order chi connectivity index (χ0) is 19.5. The third-order valence-corrected chi connectivity index (χ3v) is 4.55. The highest BCUT2D eigenvalue weighted by Crippen LogP contribution is 2.10. The van der Waals surface area contributed by atoms with Crippen LogP contribution in [0.5, 0.6) is 0 Å². The summed E-state index contributed by atoms with van der Waals surface area (Å²) in [5.41, 5.74) is 1.11. The zero-order valence-electron chi connectivity index (χ0n) is 17.3. The van der Waals surface area contributed by atoms with Gasteiger partial charge in [-0.05, 0) is 30.9 Å². The van der Waals surface area contributed by atoms with Crippen LogP contribution >= 0.6 is 0 Å². The first-order valence-electron chi connectivity index (χ1n) is 10.0. The number of amides is 2. The molecule has 0 unspecified atom stereocenters. The molecule has 0 fully saturated rings. The Morgan fingerprint density at radius 1 is 1.08 bits per heavy atom. The van der Waals surface area contributed by atoms with Crippen molar-refractivity contribution in [2.24, 2.45) is 13.0 Å². The van der Waals surface area contributed by atoms with E-state index in [9.17, 15) is 9.59 Å². The summed E-state index contributed by atoms with van der Waals surface area (Å²) in [6, 6.07) is 4.04. The Balaban J connectivity index is 2.81. The van der Waals surface area contributed by atoms with Gasteiger partial charge in [0.1, 0.15) is 0 Å². The Bertz CT molecular complexity index is 551. The number of carbonyl (C=O) groups is 2. The van der Waals surface area contributed by atoms with E-state index in [0.29, 0.717) is 32.0 Å². The SMILES string of the molecule is CCCCC(=O)N(CCCC)CC(=O)N(Cc1cccn1C)CC(C)C. The van der Waals surface area contributed by atoms with Crippen molar-refractivity contribution in [3.63, 3.8) is 0 Å². The third-order valence-electron chi connectivity index (χ3n) is 4.55. The number of rotatable bonds is 12. The highest BCUT2D eigenvalue weighted by molar-refractivity contribution is 5.84. The number of carbonyl (C=O) groups excluding carboxylic acids is 2. The van der Waals surface area contributed by atoms with Crippen LogP contribution in [0.25, 0.3) is 0 Å². The summed E-state index contributed by atoms with van der Waals surface area (Å²) in [5, 5.41) is 0. The average Bonchev–Trinajstić information content (AvgIpc) is 3.00. The molecule has 0 bridgehead atoms. The van der Waals surface area contributed by atoms with E-state index < -0.39 is 0 Å². The number of aryl methyl sites for hydroxylation is 1. The summed E-state index contributed by atoms with van der Waals surface area (Å²) >= 11 is 0. The van der Waals surface area contributed by atoms with Crippen molar-refractivity contribution in [3.8, 4) is 0 Å². The molecule has 0 spiro atoms. The first-order valence-corrected chi connectivity index (χ1v) is 10.0. The smallest absolute Gasteiger partial charge is 0.242 e. The van der Waals surface area contributed by atoms with Gasteiger partial charge in [-0.15, -0.1) is 0 Å². The largest absolute Gasteiger partial charge is 0.353 e. The molecule has 0 atom stereocenters. The zero-order valence-corrected chi connectivity index (χ0v) is 17.3. The van der Waals surface area contributed by atoms with Gasteiger partial charge in [-0.2, -0.15) is 0 Å². The van der Waals surface area contributed by atoms with Crippen molar-refractivity contribution in [2.75, 3.05) is 19.6 Å². The highest BCUT2D eigenvalue weighted by atomic mass is 16.2. The summed E-state index contributed by atoms with van der Waals surface area (Å²) < 4.78 is 2.04. The molecule has 0 aliphatic carbocycles. The molecule has 1 aromatic heterocycles. The van der Waals surface area contributed by atoms with Gasteiger partial charge in [0.2, 0.25) is 11.8 Å². The summed E-state index contributed by atoms with van der Waals surface area (Å²) in [5.74, 6) is 0.539. The van der Waals surface area contributed by atoms with E-state index >= 15 is 0 Å².